The molecule has 1 aromatic carbocycles. The molecule has 0 aliphatic carbocycles. The fraction of sp³-hybridized carbons (Fsp3) is 0.500. The zero-order valence-electron chi connectivity index (χ0n) is 14.2. The molecule has 0 unspecified atom stereocenters. The summed E-state index contributed by atoms with van der Waals surface area (Å²) >= 11 is 0. The number of sulfonamides is 1. The first-order chi connectivity index (χ1) is 11.8. The molecular weight excluding hydrogens is 349 g/mol. The van der Waals surface area contributed by atoms with Crippen molar-refractivity contribution in [3.05, 3.63) is 30.1 Å². The van der Waals surface area contributed by atoms with Gasteiger partial charge in [0.25, 0.3) is 0 Å². The molecular formula is C16H22FN3O4S. The van der Waals surface area contributed by atoms with Gasteiger partial charge in [0.2, 0.25) is 21.8 Å². The summed E-state index contributed by atoms with van der Waals surface area (Å²) in [6, 6.07) is 3.62. The summed E-state index contributed by atoms with van der Waals surface area (Å²) in [5.74, 6) is -1.28. The van der Waals surface area contributed by atoms with Gasteiger partial charge in [-0.3, -0.25) is 9.59 Å². The zero-order chi connectivity index (χ0) is 18.6. The summed E-state index contributed by atoms with van der Waals surface area (Å²) in [6.07, 6.45) is 0.922. The van der Waals surface area contributed by atoms with Crippen LogP contribution in [0.3, 0.4) is 0 Å². The van der Waals surface area contributed by atoms with Crippen molar-refractivity contribution in [3.63, 3.8) is 0 Å². The van der Waals surface area contributed by atoms with Crippen molar-refractivity contribution < 1.29 is 22.4 Å². The van der Waals surface area contributed by atoms with Crippen LogP contribution in [0.1, 0.15) is 19.8 Å². The zero-order valence-corrected chi connectivity index (χ0v) is 15.1. The average Bonchev–Trinajstić information content (AvgIpc) is 3.09. The predicted molar refractivity (Wildman–Crippen MR) is 89.6 cm³/mol. The van der Waals surface area contributed by atoms with Crippen molar-refractivity contribution in [2.24, 2.45) is 0 Å². The smallest absolute Gasteiger partial charge is 0.243 e. The van der Waals surface area contributed by atoms with Crippen LogP contribution < -0.4 is 5.32 Å². The summed E-state index contributed by atoms with van der Waals surface area (Å²) in [5.41, 5.74) is 0. The van der Waals surface area contributed by atoms with E-state index in [-0.39, 0.29) is 23.9 Å². The molecule has 0 radical (unpaired) electrons. The predicted octanol–water partition coefficient (Wildman–Crippen LogP) is 0.573. The second kappa shape index (κ2) is 7.92. The van der Waals surface area contributed by atoms with Gasteiger partial charge in [-0.2, -0.15) is 4.31 Å². The lowest BCUT2D eigenvalue weighted by atomic mass is 10.2. The standard InChI is InChI=1S/C16H22FN3O4S/c1-3-19(2)15(21)11-18-16(22)14-5-4-10-20(14)25(23,24)13-8-6-12(17)7-9-13/h6-9,14H,3-5,10-11H2,1-2H3,(H,18,22)/t14-/m1/s1. The Labute approximate surface area is 146 Å². The molecule has 9 heteroatoms. The topological polar surface area (TPSA) is 86.8 Å². The van der Waals surface area contributed by atoms with E-state index in [9.17, 15) is 22.4 Å². The van der Waals surface area contributed by atoms with Crippen molar-refractivity contribution in [2.75, 3.05) is 26.7 Å². The second-order valence-electron chi connectivity index (χ2n) is 5.85. The Kier molecular flexibility index (Phi) is 6.12. The minimum Gasteiger partial charge on any atom is -0.346 e. The molecule has 1 aliphatic heterocycles. The van der Waals surface area contributed by atoms with Gasteiger partial charge >= 0.3 is 0 Å². The van der Waals surface area contributed by atoms with E-state index in [1.54, 1.807) is 7.05 Å². The third-order valence-corrected chi connectivity index (χ3v) is 6.16. The maximum absolute atomic E-state index is 13.0. The van der Waals surface area contributed by atoms with Crippen molar-refractivity contribution >= 4 is 21.8 Å². The number of nitrogens with one attached hydrogen (secondary N) is 1. The number of hydrogen-bond acceptors (Lipinski definition) is 4. The molecule has 1 atom stereocenters. The lowest BCUT2D eigenvalue weighted by Crippen LogP contribution is -2.48. The van der Waals surface area contributed by atoms with E-state index in [1.165, 1.54) is 17.0 Å². The van der Waals surface area contributed by atoms with Gasteiger partial charge < -0.3 is 10.2 Å². The highest BCUT2D eigenvalue weighted by molar-refractivity contribution is 7.89. The number of hydrogen-bond donors (Lipinski definition) is 1. The van der Waals surface area contributed by atoms with Crippen LogP contribution in [0.2, 0.25) is 0 Å². The summed E-state index contributed by atoms with van der Waals surface area (Å²) < 4.78 is 39.5. The Morgan fingerprint density at radius 1 is 1.32 bits per heavy atom. The molecule has 1 saturated heterocycles. The monoisotopic (exact) mass is 371 g/mol. The number of benzene rings is 1. The van der Waals surface area contributed by atoms with Crippen LogP contribution in [0.4, 0.5) is 4.39 Å². The maximum atomic E-state index is 13.0. The quantitative estimate of drug-likeness (QED) is 0.792. The largest absolute Gasteiger partial charge is 0.346 e. The molecule has 0 spiro atoms. The normalized spacial score (nSPS) is 18.1. The summed E-state index contributed by atoms with van der Waals surface area (Å²) in [5, 5.41) is 2.51. The highest BCUT2D eigenvalue weighted by Gasteiger charge is 2.39. The molecule has 2 rings (SSSR count). The number of carbonyl (C=O) groups is 2. The number of likely N-dealkylation sites (N-methyl/N-ethyl adjacent to an activating group) is 1. The van der Waals surface area contributed by atoms with Gasteiger partial charge in [0.05, 0.1) is 11.4 Å². The average molecular weight is 371 g/mol. The highest BCUT2D eigenvalue weighted by atomic mass is 32.2. The van der Waals surface area contributed by atoms with Crippen LogP contribution in [-0.4, -0.2) is 62.2 Å². The third kappa shape index (κ3) is 4.35. The van der Waals surface area contributed by atoms with Crippen molar-refractivity contribution in [3.8, 4) is 0 Å². The number of carbonyl (C=O) groups excluding carboxylic acids is 2. The Morgan fingerprint density at radius 2 is 1.96 bits per heavy atom. The van der Waals surface area contributed by atoms with Crippen LogP contribution in [0.25, 0.3) is 0 Å². The molecule has 1 N–H and O–H groups in total. The Balaban J connectivity index is 2.10. The number of nitrogens with zero attached hydrogens (tertiary/aromatic N) is 2. The number of halogens is 1. The molecule has 1 aliphatic rings. The Bertz CT molecular complexity index is 736. The molecule has 1 aromatic rings. The van der Waals surface area contributed by atoms with Gasteiger partial charge in [-0.25, -0.2) is 12.8 Å². The molecule has 1 heterocycles. The van der Waals surface area contributed by atoms with Crippen LogP contribution in [-0.2, 0) is 19.6 Å². The van der Waals surface area contributed by atoms with Gasteiger partial charge in [0.15, 0.2) is 0 Å². The van der Waals surface area contributed by atoms with Crippen LogP contribution >= 0.6 is 0 Å². The van der Waals surface area contributed by atoms with Crippen LogP contribution in [0.5, 0.6) is 0 Å². The first-order valence-electron chi connectivity index (χ1n) is 8.06. The number of rotatable bonds is 6. The minimum absolute atomic E-state index is 0.0598. The fourth-order valence-electron chi connectivity index (χ4n) is 2.62. The van der Waals surface area contributed by atoms with Crippen molar-refractivity contribution in [1.82, 2.24) is 14.5 Å². The van der Waals surface area contributed by atoms with Gasteiger partial charge in [0, 0.05) is 20.1 Å². The van der Waals surface area contributed by atoms with Gasteiger partial charge in [0.1, 0.15) is 11.9 Å². The molecule has 1 fully saturated rings. The van der Waals surface area contributed by atoms with Crippen LogP contribution in [0, 0.1) is 5.82 Å². The molecule has 7 nitrogen and oxygen atoms in total. The van der Waals surface area contributed by atoms with E-state index >= 15 is 0 Å². The SMILES string of the molecule is CCN(C)C(=O)CNC(=O)[C@H]1CCCN1S(=O)(=O)c1ccc(F)cc1. The van der Waals surface area contributed by atoms with Crippen molar-refractivity contribution in [1.29, 1.82) is 0 Å². The van der Waals surface area contributed by atoms with E-state index < -0.39 is 27.8 Å². The molecule has 25 heavy (non-hydrogen) atoms. The highest BCUT2D eigenvalue weighted by Crippen LogP contribution is 2.26. The van der Waals surface area contributed by atoms with E-state index in [2.05, 4.69) is 5.32 Å². The Hall–Kier alpha value is -2.00. The summed E-state index contributed by atoms with van der Waals surface area (Å²) in [6.45, 7) is 2.36. The number of amides is 2. The van der Waals surface area contributed by atoms with Gasteiger partial charge in [-0.15, -0.1) is 0 Å². The first kappa shape index (κ1) is 19.3. The first-order valence-corrected chi connectivity index (χ1v) is 9.50. The van der Waals surface area contributed by atoms with E-state index in [1.807, 2.05) is 6.92 Å². The summed E-state index contributed by atoms with van der Waals surface area (Å²) in [4.78, 5) is 25.5. The van der Waals surface area contributed by atoms with Crippen molar-refractivity contribution in [2.45, 2.75) is 30.7 Å². The van der Waals surface area contributed by atoms with Gasteiger partial charge in [-0.05, 0) is 44.0 Å². The molecule has 138 valence electrons. The lowest BCUT2D eigenvalue weighted by molar-refractivity contribution is -0.132. The third-order valence-electron chi connectivity index (χ3n) is 4.24. The second-order valence-corrected chi connectivity index (χ2v) is 7.74. The lowest BCUT2D eigenvalue weighted by Gasteiger charge is -2.23. The van der Waals surface area contributed by atoms with E-state index in [0.29, 0.717) is 19.4 Å². The Morgan fingerprint density at radius 3 is 2.56 bits per heavy atom. The summed E-state index contributed by atoms with van der Waals surface area (Å²) in [7, 11) is -2.28. The fourth-order valence-corrected chi connectivity index (χ4v) is 4.28. The molecule has 0 aromatic heterocycles. The molecule has 0 bridgehead atoms. The van der Waals surface area contributed by atoms with E-state index in [0.717, 1.165) is 16.4 Å². The molecule has 0 saturated carbocycles. The van der Waals surface area contributed by atoms with Gasteiger partial charge in [-0.1, -0.05) is 0 Å². The van der Waals surface area contributed by atoms with E-state index in [4.69, 9.17) is 0 Å². The minimum atomic E-state index is -3.90. The van der Waals surface area contributed by atoms with Crippen LogP contribution in [0.15, 0.2) is 29.2 Å². The maximum Gasteiger partial charge on any atom is 0.243 e. The molecule has 2 amide bonds.